The van der Waals surface area contributed by atoms with E-state index in [9.17, 15) is 0 Å². The Hall–Kier alpha value is -0.220. The first-order valence-corrected chi connectivity index (χ1v) is 6.71. The number of hydrogen-bond donors (Lipinski definition) is 2. The van der Waals surface area contributed by atoms with Gasteiger partial charge in [0.2, 0.25) is 0 Å². The minimum Gasteiger partial charge on any atom is -0.387 e. The normalized spacial score (nSPS) is 22.3. The van der Waals surface area contributed by atoms with E-state index in [0.29, 0.717) is 5.84 Å². The van der Waals surface area contributed by atoms with Gasteiger partial charge in [0, 0.05) is 17.2 Å². The Morgan fingerprint density at radius 1 is 1.60 bits per heavy atom. The van der Waals surface area contributed by atoms with Gasteiger partial charge in [-0.05, 0) is 32.2 Å². The topological polar surface area (TPSA) is 53.1 Å². The van der Waals surface area contributed by atoms with E-state index in [1.165, 1.54) is 17.9 Å². The summed E-state index contributed by atoms with van der Waals surface area (Å²) in [7, 11) is 2.19. The van der Waals surface area contributed by atoms with Crippen LogP contribution >= 0.6 is 11.8 Å². The van der Waals surface area contributed by atoms with Crippen LogP contribution in [-0.4, -0.2) is 41.9 Å². The van der Waals surface area contributed by atoms with Gasteiger partial charge in [-0.25, -0.2) is 0 Å². The van der Waals surface area contributed by atoms with Crippen molar-refractivity contribution in [2.45, 2.75) is 32.7 Å². The summed E-state index contributed by atoms with van der Waals surface area (Å²) in [5, 5.41) is 7.51. The van der Waals surface area contributed by atoms with Crippen LogP contribution in [0.2, 0.25) is 0 Å². The number of nitrogens with zero attached hydrogens (tertiary/aromatic N) is 1. The molecule has 1 rings (SSSR count). The Morgan fingerprint density at radius 2 is 2.27 bits per heavy atom. The maximum absolute atomic E-state index is 7.51. The monoisotopic (exact) mass is 229 g/mol. The molecule has 1 fully saturated rings. The van der Waals surface area contributed by atoms with E-state index in [4.69, 9.17) is 11.1 Å². The van der Waals surface area contributed by atoms with E-state index in [-0.39, 0.29) is 5.41 Å². The van der Waals surface area contributed by atoms with Gasteiger partial charge in [0.05, 0.1) is 5.84 Å². The fraction of sp³-hybridized carbons (Fsp3) is 0.909. The lowest BCUT2D eigenvalue weighted by molar-refractivity contribution is 0.236. The lowest BCUT2D eigenvalue weighted by Crippen LogP contribution is -2.38. The van der Waals surface area contributed by atoms with E-state index in [1.807, 2.05) is 25.6 Å². The summed E-state index contributed by atoms with van der Waals surface area (Å²) in [4.78, 5) is 2.42. The lowest BCUT2D eigenvalue weighted by Gasteiger charge is -2.29. The number of hydrogen-bond acceptors (Lipinski definition) is 3. The largest absolute Gasteiger partial charge is 0.387 e. The van der Waals surface area contributed by atoms with Gasteiger partial charge in [0.15, 0.2) is 0 Å². The van der Waals surface area contributed by atoms with Crippen molar-refractivity contribution in [2.75, 3.05) is 25.1 Å². The van der Waals surface area contributed by atoms with E-state index >= 15 is 0 Å². The Bertz CT molecular complexity index is 222. The standard InChI is InChI=1S/C11H23N3S/c1-11(2,10(12)13)5-6-14(3)9-4-7-15-8-9/h9H,4-8H2,1-3H3,(H3,12,13). The number of nitrogens with one attached hydrogen (secondary N) is 1. The molecule has 0 radical (unpaired) electrons. The molecule has 1 aliphatic rings. The number of amidine groups is 1. The maximum atomic E-state index is 7.51. The zero-order valence-corrected chi connectivity index (χ0v) is 10.9. The molecular formula is C11H23N3S. The molecule has 88 valence electrons. The Kier molecular flexibility index (Phi) is 4.46. The van der Waals surface area contributed by atoms with Crippen molar-refractivity contribution >= 4 is 17.6 Å². The van der Waals surface area contributed by atoms with Gasteiger partial charge in [-0.2, -0.15) is 11.8 Å². The number of nitrogens with two attached hydrogens (primary N) is 1. The third-order valence-corrected chi connectivity index (χ3v) is 4.49. The van der Waals surface area contributed by atoms with Gasteiger partial charge in [0.25, 0.3) is 0 Å². The molecular weight excluding hydrogens is 206 g/mol. The van der Waals surface area contributed by atoms with Crippen molar-refractivity contribution in [2.24, 2.45) is 11.1 Å². The number of rotatable bonds is 5. The molecule has 0 aromatic heterocycles. The molecule has 3 nitrogen and oxygen atoms in total. The van der Waals surface area contributed by atoms with Crippen molar-refractivity contribution in [1.29, 1.82) is 5.41 Å². The summed E-state index contributed by atoms with van der Waals surface area (Å²) in [6, 6.07) is 0.734. The van der Waals surface area contributed by atoms with Gasteiger partial charge >= 0.3 is 0 Å². The van der Waals surface area contributed by atoms with Crippen molar-refractivity contribution in [3.8, 4) is 0 Å². The molecule has 1 atom stereocenters. The van der Waals surface area contributed by atoms with Crippen LogP contribution in [0.3, 0.4) is 0 Å². The summed E-state index contributed by atoms with van der Waals surface area (Å²) in [6.45, 7) is 5.14. The molecule has 15 heavy (non-hydrogen) atoms. The highest BCUT2D eigenvalue weighted by atomic mass is 32.2. The van der Waals surface area contributed by atoms with Crippen LogP contribution < -0.4 is 5.73 Å². The van der Waals surface area contributed by atoms with Crippen molar-refractivity contribution in [3.63, 3.8) is 0 Å². The fourth-order valence-electron chi connectivity index (χ4n) is 1.64. The molecule has 3 N–H and O–H groups in total. The molecule has 0 aromatic carbocycles. The van der Waals surface area contributed by atoms with Gasteiger partial charge < -0.3 is 10.6 Å². The van der Waals surface area contributed by atoms with E-state index in [0.717, 1.165) is 19.0 Å². The highest BCUT2D eigenvalue weighted by Crippen LogP contribution is 2.24. The summed E-state index contributed by atoms with van der Waals surface area (Å²) in [5.74, 6) is 2.86. The fourth-order valence-corrected chi connectivity index (χ4v) is 2.94. The molecule has 0 spiro atoms. The third kappa shape index (κ3) is 3.68. The zero-order valence-electron chi connectivity index (χ0n) is 10.0. The molecule has 0 saturated carbocycles. The Balaban J connectivity index is 2.32. The molecule has 1 aliphatic heterocycles. The lowest BCUT2D eigenvalue weighted by atomic mass is 9.88. The van der Waals surface area contributed by atoms with Crippen LogP contribution in [0.1, 0.15) is 26.7 Å². The molecule has 1 unspecified atom stereocenters. The third-order valence-electron chi connectivity index (χ3n) is 3.35. The van der Waals surface area contributed by atoms with E-state index in [1.54, 1.807) is 0 Å². The van der Waals surface area contributed by atoms with Crippen LogP contribution in [0.25, 0.3) is 0 Å². The molecule has 1 heterocycles. The van der Waals surface area contributed by atoms with Crippen molar-refractivity contribution < 1.29 is 0 Å². The second-order valence-electron chi connectivity index (χ2n) is 5.05. The van der Waals surface area contributed by atoms with Crippen LogP contribution in [0.4, 0.5) is 0 Å². The molecule has 4 heteroatoms. The summed E-state index contributed by atoms with van der Waals surface area (Å²) in [5.41, 5.74) is 5.42. The minimum absolute atomic E-state index is 0.153. The predicted molar refractivity (Wildman–Crippen MR) is 68.7 cm³/mol. The van der Waals surface area contributed by atoms with Crippen LogP contribution in [0.5, 0.6) is 0 Å². The molecule has 0 aromatic rings. The minimum atomic E-state index is -0.153. The molecule has 0 bridgehead atoms. The first kappa shape index (κ1) is 12.8. The highest BCUT2D eigenvalue weighted by molar-refractivity contribution is 7.99. The van der Waals surface area contributed by atoms with Crippen molar-refractivity contribution in [3.05, 3.63) is 0 Å². The SMILES string of the molecule is CN(CCC(C)(C)C(=N)N)C1CCSC1. The second-order valence-corrected chi connectivity index (χ2v) is 6.20. The van der Waals surface area contributed by atoms with Crippen LogP contribution in [0.15, 0.2) is 0 Å². The summed E-state index contributed by atoms with van der Waals surface area (Å²) < 4.78 is 0. The smallest absolute Gasteiger partial charge is 0.0963 e. The average molecular weight is 229 g/mol. The van der Waals surface area contributed by atoms with Gasteiger partial charge in [-0.15, -0.1) is 0 Å². The molecule has 0 amide bonds. The van der Waals surface area contributed by atoms with Gasteiger partial charge in [-0.1, -0.05) is 13.8 Å². The van der Waals surface area contributed by atoms with Crippen LogP contribution in [0, 0.1) is 10.8 Å². The molecule has 0 aliphatic carbocycles. The quantitative estimate of drug-likeness (QED) is 0.558. The Morgan fingerprint density at radius 3 is 2.73 bits per heavy atom. The summed E-state index contributed by atoms with van der Waals surface area (Å²) in [6.07, 6.45) is 2.28. The summed E-state index contributed by atoms with van der Waals surface area (Å²) >= 11 is 2.04. The average Bonchev–Trinajstić information content (AvgIpc) is 2.66. The van der Waals surface area contributed by atoms with Crippen molar-refractivity contribution in [1.82, 2.24) is 4.90 Å². The van der Waals surface area contributed by atoms with Crippen LogP contribution in [-0.2, 0) is 0 Å². The van der Waals surface area contributed by atoms with Gasteiger partial charge in [-0.3, -0.25) is 5.41 Å². The predicted octanol–water partition coefficient (Wildman–Crippen LogP) is 1.78. The highest BCUT2D eigenvalue weighted by Gasteiger charge is 2.25. The second kappa shape index (κ2) is 5.21. The number of thioether (sulfide) groups is 1. The van der Waals surface area contributed by atoms with E-state index < -0.39 is 0 Å². The Labute approximate surface area is 97.3 Å². The first-order valence-electron chi connectivity index (χ1n) is 5.56. The first-order chi connectivity index (χ1) is 6.93. The maximum Gasteiger partial charge on any atom is 0.0963 e. The van der Waals surface area contributed by atoms with E-state index in [2.05, 4.69) is 11.9 Å². The zero-order chi connectivity index (χ0) is 11.5. The van der Waals surface area contributed by atoms with Gasteiger partial charge in [0.1, 0.15) is 0 Å². The molecule has 1 saturated heterocycles.